The predicted molar refractivity (Wildman–Crippen MR) is 87.9 cm³/mol. The fourth-order valence-electron chi connectivity index (χ4n) is 3.00. The second-order valence-electron chi connectivity index (χ2n) is 5.71. The van der Waals surface area contributed by atoms with Gasteiger partial charge in [0.1, 0.15) is 0 Å². The minimum atomic E-state index is -0.0163. The van der Waals surface area contributed by atoms with Crippen LogP contribution in [0.1, 0.15) is 49.4 Å². The molecule has 0 saturated carbocycles. The van der Waals surface area contributed by atoms with E-state index >= 15 is 0 Å². The first-order valence-electron chi connectivity index (χ1n) is 7.98. The zero-order valence-corrected chi connectivity index (χ0v) is 13.5. The van der Waals surface area contributed by atoms with Crippen molar-refractivity contribution in [3.63, 3.8) is 0 Å². The van der Waals surface area contributed by atoms with E-state index in [-0.39, 0.29) is 5.91 Å². The van der Waals surface area contributed by atoms with Gasteiger partial charge in [-0.15, -0.1) is 0 Å². The monoisotopic (exact) mass is 308 g/mol. The summed E-state index contributed by atoms with van der Waals surface area (Å²) in [4.78, 5) is 14.5. The number of amides is 1. The Balaban J connectivity index is 1.69. The maximum absolute atomic E-state index is 12.0. The van der Waals surface area contributed by atoms with Gasteiger partial charge in [-0.1, -0.05) is 24.9 Å². The number of carbonyl (C=O) groups is 1. The first-order valence-corrected chi connectivity index (χ1v) is 8.36. The van der Waals surface area contributed by atoms with E-state index in [0.717, 1.165) is 25.6 Å². The summed E-state index contributed by atoms with van der Waals surface area (Å²) in [7, 11) is 0. The van der Waals surface area contributed by atoms with Crippen LogP contribution in [0.5, 0.6) is 0 Å². The molecule has 1 aromatic carbocycles. The van der Waals surface area contributed by atoms with Gasteiger partial charge in [-0.25, -0.2) is 0 Å². The lowest BCUT2D eigenvalue weighted by atomic mass is 10.00. The highest BCUT2D eigenvalue weighted by Crippen LogP contribution is 2.19. The number of nitrogens with zero attached hydrogens (tertiary/aromatic N) is 1. The normalized spacial score (nSPS) is 19.4. The summed E-state index contributed by atoms with van der Waals surface area (Å²) in [5.74, 6) is -0.0163. The van der Waals surface area contributed by atoms with E-state index in [1.807, 2.05) is 0 Å². The van der Waals surface area contributed by atoms with Crippen molar-refractivity contribution < 1.29 is 4.79 Å². The van der Waals surface area contributed by atoms with Crippen molar-refractivity contribution in [2.24, 2.45) is 0 Å². The summed E-state index contributed by atoms with van der Waals surface area (Å²) >= 11 is 5.82. The van der Waals surface area contributed by atoms with Crippen LogP contribution in [-0.4, -0.2) is 36.5 Å². The number of nitrogens with one attached hydrogen (secondary N) is 1. The fourth-order valence-corrected chi connectivity index (χ4v) is 3.13. The Morgan fingerprint density at radius 3 is 2.81 bits per heavy atom. The highest BCUT2D eigenvalue weighted by atomic mass is 35.5. The molecule has 1 saturated heterocycles. The van der Waals surface area contributed by atoms with Crippen LogP contribution in [0.4, 0.5) is 0 Å². The molecule has 0 bridgehead atoms. The molecule has 1 fully saturated rings. The van der Waals surface area contributed by atoms with Crippen LogP contribution >= 0.6 is 11.6 Å². The highest BCUT2D eigenvalue weighted by molar-refractivity contribution is 6.30. The number of benzene rings is 1. The molecule has 0 spiro atoms. The average Bonchev–Trinajstić information content (AvgIpc) is 2.52. The van der Waals surface area contributed by atoms with Crippen molar-refractivity contribution in [1.29, 1.82) is 0 Å². The standard InChI is InChI=1S/C17H25ClN2O/c1-2-16-6-3-4-12-20(16)13-5-11-19-17(21)14-7-9-15(18)10-8-14/h7-10,16H,2-6,11-13H2,1H3,(H,19,21)/t16-/m1/s1. The van der Waals surface area contributed by atoms with Crippen molar-refractivity contribution in [3.05, 3.63) is 34.9 Å². The van der Waals surface area contributed by atoms with Gasteiger partial charge >= 0.3 is 0 Å². The van der Waals surface area contributed by atoms with Crippen molar-refractivity contribution >= 4 is 17.5 Å². The van der Waals surface area contributed by atoms with Gasteiger partial charge in [-0.3, -0.25) is 4.79 Å². The van der Waals surface area contributed by atoms with E-state index in [4.69, 9.17) is 11.6 Å². The molecular formula is C17H25ClN2O. The van der Waals surface area contributed by atoms with Gasteiger partial charge in [-0.05, 0) is 56.5 Å². The molecule has 1 heterocycles. The minimum absolute atomic E-state index is 0.0163. The molecular weight excluding hydrogens is 284 g/mol. The average molecular weight is 309 g/mol. The van der Waals surface area contributed by atoms with E-state index in [1.54, 1.807) is 24.3 Å². The second-order valence-corrected chi connectivity index (χ2v) is 6.15. The quantitative estimate of drug-likeness (QED) is 0.812. The Kier molecular flexibility index (Phi) is 6.52. The number of likely N-dealkylation sites (tertiary alicyclic amines) is 1. The Bertz CT molecular complexity index is 447. The Morgan fingerprint density at radius 2 is 2.10 bits per heavy atom. The van der Waals surface area contributed by atoms with Gasteiger partial charge in [0.25, 0.3) is 5.91 Å². The lowest BCUT2D eigenvalue weighted by Crippen LogP contribution is -2.40. The molecule has 0 aromatic heterocycles. The molecule has 4 heteroatoms. The minimum Gasteiger partial charge on any atom is -0.352 e. The van der Waals surface area contributed by atoms with Crippen molar-refractivity contribution in [3.8, 4) is 0 Å². The molecule has 1 amide bonds. The molecule has 0 radical (unpaired) electrons. The molecule has 1 aliphatic heterocycles. The molecule has 2 rings (SSSR count). The lowest BCUT2D eigenvalue weighted by molar-refractivity contribution is 0.0947. The Morgan fingerprint density at radius 1 is 1.33 bits per heavy atom. The second kappa shape index (κ2) is 8.40. The van der Waals surface area contributed by atoms with E-state index in [9.17, 15) is 4.79 Å². The van der Waals surface area contributed by atoms with Crippen LogP contribution in [-0.2, 0) is 0 Å². The van der Waals surface area contributed by atoms with Gasteiger partial charge in [0, 0.05) is 29.7 Å². The third-order valence-electron chi connectivity index (χ3n) is 4.23. The van der Waals surface area contributed by atoms with Crippen LogP contribution in [0.2, 0.25) is 5.02 Å². The van der Waals surface area contributed by atoms with Gasteiger partial charge in [0.05, 0.1) is 0 Å². The SMILES string of the molecule is CC[C@@H]1CCCCN1CCCNC(=O)c1ccc(Cl)cc1. The lowest BCUT2D eigenvalue weighted by Gasteiger charge is -2.35. The molecule has 0 aliphatic carbocycles. The first-order chi connectivity index (χ1) is 10.2. The predicted octanol–water partition coefficient (Wildman–Crippen LogP) is 3.72. The largest absolute Gasteiger partial charge is 0.352 e. The van der Waals surface area contributed by atoms with E-state index in [0.29, 0.717) is 10.6 Å². The van der Waals surface area contributed by atoms with Crippen LogP contribution < -0.4 is 5.32 Å². The number of carbonyl (C=O) groups excluding carboxylic acids is 1. The first kappa shape index (κ1) is 16.3. The van der Waals surface area contributed by atoms with Gasteiger partial charge in [-0.2, -0.15) is 0 Å². The van der Waals surface area contributed by atoms with Gasteiger partial charge in [0.15, 0.2) is 0 Å². The van der Waals surface area contributed by atoms with Crippen LogP contribution in [0, 0.1) is 0 Å². The summed E-state index contributed by atoms with van der Waals surface area (Å²) in [5, 5.41) is 3.64. The number of hydrogen-bond donors (Lipinski definition) is 1. The summed E-state index contributed by atoms with van der Waals surface area (Å²) < 4.78 is 0. The zero-order chi connectivity index (χ0) is 15.1. The third-order valence-corrected chi connectivity index (χ3v) is 4.49. The van der Waals surface area contributed by atoms with E-state index in [2.05, 4.69) is 17.1 Å². The van der Waals surface area contributed by atoms with Crippen molar-refractivity contribution in [2.75, 3.05) is 19.6 Å². The van der Waals surface area contributed by atoms with Gasteiger partial charge < -0.3 is 10.2 Å². The molecule has 21 heavy (non-hydrogen) atoms. The molecule has 0 unspecified atom stereocenters. The van der Waals surface area contributed by atoms with Gasteiger partial charge in [0.2, 0.25) is 0 Å². The summed E-state index contributed by atoms with van der Waals surface area (Å²) in [6.45, 7) is 5.29. The molecule has 1 N–H and O–H groups in total. The van der Waals surface area contributed by atoms with Crippen LogP contribution in [0.25, 0.3) is 0 Å². The topological polar surface area (TPSA) is 32.3 Å². The number of halogens is 1. The van der Waals surface area contributed by atoms with Crippen LogP contribution in [0.15, 0.2) is 24.3 Å². The number of hydrogen-bond acceptors (Lipinski definition) is 2. The Labute approximate surface area is 132 Å². The number of rotatable bonds is 6. The smallest absolute Gasteiger partial charge is 0.251 e. The van der Waals surface area contributed by atoms with Crippen molar-refractivity contribution in [2.45, 2.75) is 45.1 Å². The van der Waals surface area contributed by atoms with E-state index in [1.165, 1.54) is 32.2 Å². The third kappa shape index (κ3) is 5.01. The van der Waals surface area contributed by atoms with E-state index < -0.39 is 0 Å². The fraction of sp³-hybridized carbons (Fsp3) is 0.588. The Hall–Kier alpha value is -1.06. The molecule has 116 valence electrons. The van der Waals surface area contributed by atoms with Crippen molar-refractivity contribution in [1.82, 2.24) is 10.2 Å². The van der Waals surface area contributed by atoms with Crippen LogP contribution in [0.3, 0.4) is 0 Å². The summed E-state index contributed by atoms with van der Waals surface area (Å²) in [5.41, 5.74) is 0.670. The highest BCUT2D eigenvalue weighted by Gasteiger charge is 2.19. The summed E-state index contributed by atoms with van der Waals surface area (Å²) in [6.07, 6.45) is 6.25. The molecule has 1 aromatic rings. The number of piperidine rings is 1. The molecule has 3 nitrogen and oxygen atoms in total. The molecule has 1 atom stereocenters. The maximum Gasteiger partial charge on any atom is 0.251 e. The zero-order valence-electron chi connectivity index (χ0n) is 12.8. The maximum atomic E-state index is 12.0. The summed E-state index contributed by atoms with van der Waals surface area (Å²) in [6, 6.07) is 7.75. The molecule has 1 aliphatic rings.